The minimum atomic E-state index is 0.739. The van der Waals surface area contributed by atoms with Crippen molar-refractivity contribution in [2.45, 2.75) is 38.3 Å². The summed E-state index contributed by atoms with van der Waals surface area (Å²) in [6, 6.07) is 20.8. The lowest BCUT2D eigenvalue weighted by Crippen LogP contribution is -2.25. The van der Waals surface area contributed by atoms with Gasteiger partial charge in [0.2, 0.25) is 0 Å². The Morgan fingerprint density at radius 2 is 1.79 bits per heavy atom. The van der Waals surface area contributed by atoms with Gasteiger partial charge in [-0.15, -0.1) is 0 Å². The Hall–Kier alpha value is -1.60. The molecule has 0 aliphatic heterocycles. The predicted octanol–water partition coefficient (Wildman–Crippen LogP) is 4.19. The van der Waals surface area contributed by atoms with Crippen LogP contribution >= 0.6 is 0 Å². The average molecular weight is 250 g/mol. The lowest BCUT2D eigenvalue weighted by molar-refractivity contribution is 0.524. The van der Waals surface area contributed by atoms with Crippen LogP contribution < -0.4 is 5.32 Å². The molecule has 1 heteroatoms. The van der Waals surface area contributed by atoms with Gasteiger partial charge < -0.3 is 5.32 Å². The lowest BCUT2D eigenvalue weighted by atomic mass is 10.0. The van der Waals surface area contributed by atoms with Gasteiger partial charge in [0.05, 0.1) is 0 Å². The van der Waals surface area contributed by atoms with Crippen LogP contribution in [-0.4, -0.2) is 6.04 Å². The molecule has 0 spiro atoms. The van der Waals surface area contributed by atoms with Crippen LogP contribution in [0.25, 0.3) is 11.1 Å². The summed E-state index contributed by atoms with van der Waals surface area (Å²) in [6.07, 6.45) is 5.47. The molecule has 1 saturated carbocycles. The fraction of sp³-hybridized carbons (Fsp3) is 0.333. The zero-order valence-corrected chi connectivity index (χ0v) is 11.2. The van der Waals surface area contributed by atoms with E-state index in [1.807, 2.05) is 18.2 Å². The molecule has 2 aromatic carbocycles. The largest absolute Gasteiger partial charge is 0.310 e. The molecule has 0 saturated heterocycles. The smallest absolute Gasteiger partial charge is 0.0208 e. The van der Waals surface area contributed by atoms with Gasteiger partial charge in [-0.05, 0) is 41.7 Å². The van der Waals surface area contributed by atoms with Crippen molar-refractivity contribution in [3.63, 3.8) is 0 Å². The van der Waals surface area contributed by atoms with Crippen molar-refractivity contribution in [2.24, 2.45) is 0 Å². The highest BCUT2D eigenvalue weighted by molar-refractivity contribution is 5.63. The molecule has 0 atom stereocenters. The van der Waals surface area contributed by atoms with Crippen molar-refractivity contribution in [1.82, 2.24) is 5.32 Å². The normalized spacial score (nSPS) is 15.8. The molecular weight excluding hydrogens is 230 g/mol. The van der Waals surface area contributed by atoms with Crippen LogP contribution in [0.2, 0.25) is 0 Å². The third-order valence-electron chi connectivity index (χ3n) is 3.94. The molecule has 1 radical (unpaired) electrons. The summed E-state index contributed by atoms with van der Waals surface area (Å²) < 4.78 is 0. The van der Waals surface area contributed by atoms with Crippen molar-refractivity contribution in [1.29, 1.82) is 0 Å². The van der Waals surface area contributed by atoms with Crippen LogP contribution in [0.5, 0.6) is 0 Å². The van der Waals surface area contributed by atoms with Gasteiger partial charge in [0.15, 0.2) is 0 Å². The van der Waals surface area contributed by atoms with E-state index in [1.54, 1.807) is 0 Å². The highest BCUT2D eigenvalue weighted by atomic mass is 14.9. The topological polar surface area (TPSA) is 12.0 Å². The van der Waals surface area contributed by atoms with Crippen LogP contribution in [0.1, 0.15) is 31.2 Å². The first-order valence-electron chi connectivity index (χ1n) is 7.21. The second-order valence-electron chi connectivity index (χ2n) is 5.35. The maximum atomic E-state index is 3.65. The Balaban J connectivity index is 1.62. The van der Waals surface area contributed by atoms with E-state index in [2.05, 4.69) is 41.7 Å². The van der Waals surface area contributed by atoms with Gasteiger partial charge in [-0.25, -0.2) is 0 Å². The third-order valence-corrected chi connectivity index (χ3v) is 3.94. The van der Waals surface area contributed by atoms with E-state index < -0.39 is 0 Å². The maximum Gasteiger partial charge on any atom is 0.0208 e. The first-order valence-corrected chi connectivity index (χ1v) is 7.21. The summed E-state index contributed by atoms with van der Waals surface area (Å²) in [5, 5.41) is 3.65. The second-order valence-corrected chi connectivity index (χ2v) is 5.35. The monoisotopic (exact) mass is 250 g/mol. The van der Waals surface area contributed by atoms with Gasteiger partial charge in [0.25, 0.3) is 0 Å². The predicted molar refractivity (Wildman–Crippen MR) is 79.8 cm³/mol. The van der Waals surface area contributed by atoms with Gasteiger partial charge in [-0.1, -0.05) is 55.3 Å². The number of hydrogen-bond acceptors (Lipinski definition) is 1. The summed E-state index contributed by atoms with van der Waals surface area (Å²) in [7, 11) is 0. The Morgan fingerprint density at radius 1 is 1.00 bits per heavy atom. The van der Waals surface area contributed by atoms with E-state index >= 15 is 0 Å². The van der Waals surface area contributed by atoms with Gasteiger partial charge in [-0.2, -0.15) is 0 Å². The molecular formula is C18H20N. The summed E-state index contributed by atoms with van der Waals surface area (Å²) in [6.45, 7) is 0.992. The third kappa shape index (κ3) is 3.24. The van der Waals surface area contributed by atoms with E-state index in [9.17, 15) is 0 Å². The first-order chi connectivity index (χ1) is 9.42. The zero-order chi connectivity index (χ0) is 12.9. The zero-order valence-electron chi connectivity index (χ0n) is 11.2. The summed E-state index contributed by atoms with van der Waals surface area (Å²) in [5.41, 5.74) is 3.87. The van der Waals surface area contributed by atoms with Crippen LogP contribution in [0, 0.1) is 6.07 Å². The van der Waals surface area contributed by atoms with Crippen molar-refractivity contribution in [3.05, 3.63) is 60.2 Å². The standard InChI is InChI=1S/C18H20N/c1-2-6-16(7-3-1)17-12-10-15(11-13-17)14-19-18-8-4-5-9-18/h1-2,6-7,10-13,18-19H,4-5,8-9,14H2. The number of hydrogen-bond donors (Lipinski definition) is 1. The SMILES string of the molecule is [c]1cccc(-c2ccc(CNC3CCCC3)cc2)c1. The Morgan fingerprint density at radius 3 is 2.47 bits per heavy atom. The maximum absolute atomic E-state index is 3.65. The molecule has 1 fully saturated rings. The number of benzene rings is 2. The molecule has 0 heterocycles. The van der Waals surface area contributed by atoms with Crippen LogP contribution in [0.4, 0.5) is 0 Å². The van der Waals surface area contributed by atoms with Gasteiger partial charge >= 0.3 is 0 Å². The first kappa shape index (κ1) is 12.4. The van der Waals surface area contributed by atoms with Crippen LogP contribution in [0.15, 0.2) is 48.5 Å². The molecule has 0 amide bonds. The van der Waals surface area contributed by atoms with E-state index in [-0.39, 0.29) is 0 Å². The molecule has 2 aromatic rings. The van der Waals surface area contributed by atoms with Gasteiger partial charge in [-0.3, -0.25) is 0 Å². The minimum absolute atomic E-state index is 0.739. The Labute approximate surface area is 115 Å². The number of rotatable bonds is 4. The summed E-state index contributed by atoms with van der Waals surface area (Å²) in [5.74, 6) is 0. The summed E-state index contributed by atoms with van der Waals surface area (Å²) in [4.78, 5) is 0. The molecule has 19 heavy (non-hydrogen) atoms. The molecule has 97 valence electrons. The van der Waals surface area contributed by atoms with Crippen molar-refractivity contribution in [3.8, 4) is 11.1 Å². The highest BCUT2D eigenvalue weighted by Crippen LogP contribution is 2.20. The van der Waals surface area contributed by atoms with E-state index in [4.69, 9.17) is 0 Å². The quantitative estimate of drug-likeness (QED) is 0.858. The van der Waals surface area contributed by atoms with Crippen molar-refractivity contribution in [2.75, 3.05) is 0 Å². The Kier molecular flexibility index (Phi) is 3.95. The minimum Gasteiger partial charge on any atom is -0.310 e. The van der Waals surface area contributed by atoms with E-state index in [1.165, 1.54) is 42.4 Å². The van der Waals surface area contributed by atoms with Crippen LogP contribution in [-0.2, 0) is 6.54 Å². The van der Waals surface area contributed by atoms with E-state index in [0.717, 1.165) is 12.6 Å². The molecule has 1 aliphatic rings. The van der Waals surface area contributed by atoms with Gasteiger partial charge in [0.1, 0.15) is 0 Å². The fourth-order valence-electron chi connectivity index (χ4n) is 2.78. The molecule has 1 N–H and O–H groups in total. The molecule has 1 aliphatic carbocycles. The fourth-order valence-corrected chi connectivity index (χ4v) is 2.78. The molecule has 0 unspecified atom stereocenters. The highest BCUT2D eigenvalue weighted by Gasteiger charge is 2.13. The molecule has 0 bridgehead atoms. The number of nitrogens with one attached hydrogen (secondary N) is 1. The lowest BCUT2D eigenvalue weighted by Gasteiger charge is -2.12. The van der Waals surface area contributed by atoms with Crippen molar-refractivity contribution < 1.29 is 0 Å². The second kappa shape index (κ2) is 6.03. The van der Waals surface area contributed by atoms with Crippen molar-refractivity contribution >= 4 is 0 Å². The van der Waals surface area contributed by atoms with Gasteiger partial charge in [0, 0.05) is 12.6 Å². The summed E-state index contributed by atoms with van der Waals surface area (Å²) >= 11 is 0. The molecule has 3 rings (SSSR count). The van der Waals surface area contributed by atoms with E-state index in [0.29, 0.717) is 0 Å². The molecule has 1 nitrogen and oxygen atoms in total. The van der Waals surface area contributed by atoms with Crippen LogP contribution in [0.3, 0.4) is 0 Å². The Bertz CT molecular complexity index is 495. The molecule has 0 aromatic heterocycles. The average Bonchev–Trinajstić information content (AvgIpc) is 3.00.